The number of alkyl halides is 3. The molecule has 1 amide bonds. The highest BCUT2D eigenvalue weighted by atomic mass is 32.1. The SMILES string of the molecule is N#Cc1ccc(N2C(=O)C3(CCC3)N(c3ccc(COS)cc3)C2=S)cc1C(F)(F)F. The second-order valence-corrected chi connectivity index (χ2v) is 8.05. The number of anilines is 2. The van der Waals surface area contributed by atoms with Crippen LogP contribution in [-0.2, 0) is 21.8 Å². The van der Waals surface area contributed by atoms with E-state index in [2.05, 4.69) is 12.9 Å². The molecule has 0 atom stereocenters. The van der Waals surface area contributed by atoms with Crippen LogP contribution < -0.4 is 9.80 Å². The molecule has 0 N–H and O–H groups in total. The van der Waals surface area contributed by atoms with E-state index in [9.17, 15) is 18.0 Å². The monoisotopic (exact) mass is 463 g/mol. The van der Waals surface area contributed by atoms with Crippen molar-refractivity contribution in [1.82, 2.24) is 0 Å². The van der Waals surface area contributed by atoms with Crippen LogP contribution in [0, 0.1) is 11.3 Å². The van der Waals surface area contributed by atoms with Crippen LogP contribution in [0.3, 0.4) is 0 Å². The summed E-state index contributed by atoms with van der Waals surface area (Å²) in [6.07, 6.45) is -2.82. The Morgan fingerprint density at radius 1 is 1.16 bits per heavy atom. The van der Waals surface area contributed by atoms with Gasteiger partial charge in [-0.15, -0.1) is 0 Å². The number of thiocarbonyl (C=S) groups is 1. The van der Waals surface area contributed by atoms with E-state index in [1.807, 2.05) is 12.1 Å². The highest BCUT2D eigenvalue weighted by molar-refractivity contribution is 7.81. The normalized spacial score (nSPS) is 17.8. The number of hydrogen-bond acceptors (Lipinski definition) is 5. The second-order valence-electron chi connectivity index (χ2n) is 7.42. The van der Waals surface area contributed by atoms with Crippen molar-refractivity contribution < 1.29 is 22.1 Å². The van der Waals surface area contributed by atoms with Crippen LogP contribution in [-0.4, -0.2) is 16.6 Å². The zero-order valence-electron chi connectivity index (χ0n) is 16.0. The summed E-state index contributed by atoms with van der Waals surface area (Å²) in [6, 6.07) is 12.0. The smallest absolute Gasteiger partial charge is 0.314 e. The molecule has 31 heavy (non-hydrogen) atoms. The van der Waals surface area contributed by atoms with E-state index < -0.39 is 22.8 Å². The number of nitriles is 1. The largest absolute Gasteiger partial charge is 0.417 e. The number of amides is 1. The Balaban J connectivity index is 1.77. The number of halogens is 3. The number of nitrogens with zero attached hydrogens (tertiary/aromatic N) is 3. The lowest BCUT2D eigenvalue weighted by molar-refractivity contribution is -0.137. The van der Waals surface area contributed by atoms with Gasteiger partial charge in [0.2, 0.25) is 0 Å². The summed E-state index contributed by atoms with van der Waals surface area (Å²) < 4.78 is 45.2. The molecule has 1 spiro atoms. The molecule has 0 aromatic heterocycles. The topological polar surface area (TPSA) is 56.6 Å². The first-order chi connectivity index (χ1) is 14.7. The lowest BCUT2D eigenvalue weighted by Gasteiger charge is -2.43. The third-order valence-corrected chi connectivity index (χ3v) is 6.20. The van der Waals surface area contributed by atoms with Crippen LogP contribution in [0.4, 0.5) is 24.5 Å². The van der Waals surface area contributed by atoms with E-state index in [1.54, 1.807) is 23.1 Å². The van der Waals surface area contributed by atoms with Gasteiger partial charge in [-0.25, -0.2) is 0 Å². The van der Waals surface area contributed by atoms with E-state index in [0.29, 0.717) is 25.1 Å². The maximum Gasteiger partial charge on any atom is 0.417 e. The van der Waals surface area contributed by atoms with Crippen LogP contribution in [0.5, 0.6) is 0 Å². The number of benzene rings is 2. The summed E-state index contributed by atoms with van der Waals surface area (Å²) >= 11 is 9.32. The number of carbonyl (C=O) groups excluding carboxylic acids is 1. The Kier molecular flexibility index (Phi) is 5.45. The van der Waals surface area contributed by atoms with Crippen molar-refractivity contribution in [3.63, 3.8) is 0 Å². The third-order valence-electron chi connectivity index (χ3n) is 5.71. The van der Waals surface area contributed by atoms with Gasteiger partial charge < -0.3 is 9.08 Å². The molecule has 1 saturated heterocycles. The summed E-state index contributed by atoms with van der Waals surface area (Å²) in [6.45, 7) is 0.301. The van der Waals surface area contributed by atoms with E-state index in [-0.39, 0.29) is 16.7 Å². The van der Waals surface area contributed by atoms with Crippen molar-refractivity contribution >= 4 is 47.5 Å². The molecule has 1 heterocycles. The molecule has 1 aliphatic carbocycles. The lowest BCUT2D eigenvalue weighted by Crippen LogP contribution is -2.55. The zero-order valence-corrected chi connectivity index (χ0v) is 17.7. The molecule has 2 aliphatic rings. The molecular formula is C21H16F3N3O2S2. The molecule has 2 aromatic rings. The summed E-state index contributed by atoms with van der Waals surface area (Å²) in [4.78, 5) is 16.3. The van der Waals surface area contributed by atoms with Gasteiger partial charge >= 0.3 is 6.18 Å². The minimum atomic E-state index is -4.73. The second kappa shape index (κ2) is 7.82. The predicted octanol–water partition coefficient (Wildman–Crippen LogP) is 5.00. The molecule has 2 fully saturated rings. The molecule has 10 heteroatoms. The van der Waals surface area contributed by atoms with Gasteiger partial charge in [-0.3, -0.25) is 9.69 Å². The van der Waals surface area contributed by atoms with Crippen molar-refractivity contribution in [1.29, 1.82) is 5.26 Å². The molecule has 2 aromatic carbocycles. The van der Waals surface area contributed by atoms with E-state index >= 15 is 0 Å². The molecule has 5 nitrogen and oxygen atoms in total. The molecule has 0 radical (unpaired) electrons. The maximum absolute atomic E-state index is 13.5. The Morgan fingerprint density at radius 3 is 2.32 bits per heavy atom. The zero-order chi connectivity index (χ0) is 22.4. The third kappa shape index (κ3) is 3.46. The highest BCUT2D eigenvalue weighted by Gasteiger charge is 2.59. The number of thiol groups is 1. The molecular weight excluding hydrogens is 447 g/mol. The van der Waals surface area contributed by atoms with Crippen LogP contribution >= 0.6 is 25.1 Å². The van der Waals surface area contributed by atoms with Crippen molar-refractivity contribution in [2.75, 3.05) is 9.80 Å². The maximum atomic E-state index is 13.5. The van der Waals surface area contributed by atoms with Gasteiger partial charge in [0.25, 0.3) is 5.91 Å². The number of carbonyl (C=O) groups is 1. The quantitative estimate of drug-likeness (QED) is 0.393. The van der Waals surface area contributed by atoms with Gasteiger partial charge in [0, 0.05) is 5.69 Å². The molecule has 0 bridgehead atoms. The molecule has 1 saturated carbocycles. The molecule has 1 aliphatic heterocycles. The number of rotatable bonds is 4. The summed E-state index contributed by atoms with van der Waals surface area (Å²) in [5, 5.41) is 9.16. The Hall–Kier alpha value is -2.61. The van der Waals surface area contributed by atoms with Crippen molar-refractivity contribution in [2.24, 2.45) is 0 Å². The highest BCUT2D eigenvalue weighted by Crippen LogP contribution is 2.48. The fourth-order valence-corrected chi connectivity index (χ4v) is 4.64. The molecule has 160 valence electrons. The number of hydrogen-bond donors (Lipinski definition) is 1. The molecule has 0 unspecified atom stereocenters. The van der Waals surface area contributed by atoms with Crippen LogP contribution in [0.25, 0.3) is 0 Å². The van der Waals surface area contributed by atoms with Gasteiger partial charge in [0.05, 0.1) is 29.5 Å². The van der Waals surface area contributed by atoms with Crippen molar-refractivity contribution in [3.05, 3.63) is 59.2 Å². The fraction of sp³-hybridized carbons (Fsp3) is 0.286. The van der Waals surface area contributed by atoms with Crippen molar-refractivity contribution in [2.45, 2.75) is 37.6 Å². The summed E-state index contributed by atoms with van der Waals surface area (Å²) in [7, 11) is 0. The predicted molar refractivity (Wildman–Crippen MR) is 116 cm³/mol. The average Bonchev–Trinajstić information content (AvgIpc) is 2.94. The first kappa shape index (κ1) is 21.6. The lowest BCUT2D eigenvalue weighted by atomic mass is 9.75. The van der Waals surface area contributed by atoms with Crippen LogP contribution in [0.1, 0.15) is 36.0 Å². The van der Waals surface area contributed by atoms with Gasteiger partial charge in [-0.05, 0) is 80.3 Å². The standard InChI is InChI=1S/C21H16F3N3O2S2/c22-21(23,24)17-10-16(7-4-14(17)11-25)26-18(28)20(8-1-9-20)27(19(26)30)15-5-2-13(3-6-15)12-29-31/h2-7,10,31H,1,8-9,12H2. The summed E-state index contributed by atoms with van der Waals surface area (Å²) in [5.74, 6) is -0.357. The van der Waals surface area contributed by atoms with E-state index in [4.69, 9.17) is 21.7 Å². The molecule has 4 rings (SSSR count). The first-order valence-electron chi connectivity index (χ1n) is 9.38. The fourth-order valence-electron chi connectivity index (χ4n) is 4.03. The summed E-state index contributed by atoms with van der Waals surface area (Å²) in [5.41, 5.74) is -0.975. The van der Waals surface area contributed by atoms with Crippen LogP contribution in [0.2, 0.25) is 0 Å². The van der Waals surface area contributed by atoms with Gasteiger partial charge in [-0.2, -0.15) is 18.4 Å². The van der Waals surface area contributed by atoms with E-state index in [1.165, 1.54) is 6.07 Å². The van der Waals surface area contributed by atoms with Gasteiger partial charge in [0.1, 0.15) is 5.54 Å². The Labute approximate surface area is 187 Å². The van der Waals surface area contributed by atoms with E-state index in [0.717, 1.165) is 29.0 Å². The Morgan fingerprint density at radius 2 is 1.81 bits per heavy atom. The average molecular weight is 464 g/mol. The van der Waals surface area contributed by atoms with Gasteiger partial charge in [0.15, 0.2) is 5.11 Å². The minimum absolute atomic E-state index is 0.00445. The Bertz CT molecular complexity index is 1090. The van der Waals surface area contributed by atoms with Gasteiger partial charge in [-0.1, -0.05) is 12.1 Å². The first-order valence-corrected chi connectivity index (χ1v) is 10.2. The minimum Gasteiger partial charge on any atom is -0.314 e. The van der Waals surface area contributed by atoms with Crippen molar-refractivity contribution in [3.8, 4) is 6.07 Å². The van der Waals surface area contributed by atoms with Crippen LogP contribution in [0.15, 0.2) is 42.5 Å².